The van der Waals surface area contributed by atoms with Crippen LogP contribution in [0.2, 0.25) is 0 Å². The lowest BCUT2D eigenvalue weighted by Gasteiger charge is -2.09. The van der Waals surface area contributed by atoms with E-state index in [0.717, 1.165) is 26.7 Å². The Morgan fingerprint density at radius 2 is 1.88 bits per heavy atom. The second-order valence-electron chi connectivity index (χ2n) is 3.92. The molecule has 2 nitrogen and oxygen atoms in total. The first-order chi connectivity index (χ1) is 8.00. The molecule has 0 aliphatic carbocycles. The molecule has 0 saturated carbocycles. The second kappa shape index (κ2) is 4.63. The Morgan fingerprint density at radius 3 is 2.41 bits per heavy atom. The number of carboxylic acid groups (broad SMARTS) is 1. The number of aryl methyl sites for hydroxylation is 2. The van der Waals surface area contributed by atoms with E-state index in [1.54, 1.807) is 17.4 Å². The average molecular weight is 311 g/mol. The molecule has 4 heteroatoms. The van der Waals surface area contributed by atoms with Crippen LogP contribution in [-0.2, 0) is 0 Å². The Labute approximate surface area is 112 Å². The summed E-state index contributed by atoms with van der Waals surface area (Å²) < 4.78 is 1.01. The summed E-state index contributed by atoms with van der Waals surface area (Å²) in [6.07, 6.45) is 0. The van der Waals surface area contributed by atoms with Gasteiger partial charge in [-0.3, -0.25) is 0 Å². The molecule has 1 aromatic carbocycles. The van der Waals surface area contributed by atoms with Gasteiger partial charge < -0.3 is 5.11 Å². The van der Waals surface area contributed by atoms with Crippen LogP contribution in [-0.4, -0.2) is 11.1 Å². The third-order valence-electron chi connectivity index (χ3n) is 2.71. The summed E-state index contributed by atoms with van der Waals surface area (Å²) in [6.45, 7) is 3.82. The van der Waals surface area contributed by atoms with E-state index in [1.807, 2.05) is 30.7 Å². The summed E-state index contributed by atoms with van der Waals surface area (Å²) >= 11 is 5.07. The normalized spacial score (nSPS) is 10.5. The lowest BCUT2D eigenvalue weighted by molar-refractivity contribution is 0.0696. The molecule has 1 aromatic heterocycles. The molecule has 2 aromatic rings. The molecule has 1 heterocycles. The van der Waals surface area contributed by atoms with Crippen LogP contribution >= 0.6 is 27.3 Å². The lowest BCUT2D eigenvalue weighted by Crippen LogP contribution is -2.01. The van der Waals surface area contributed by atoms with Crippen molar-refractivity contribution in [3.05, 3.63) is 44.1 Å². The zero-order valence-electron chi connectivity index (χ0n) is 9.45. The maximum atomic E-state index is 11.1. The molecule has 0 radical (unpaired) electrons. The van der Waals surface area contributed by atoms with Gasteiger partial charge in [-0.2, -0.15) is 11.3 Å². The van der Waals surface area contributed by atoms with Crippen LogP contribution in [0.4, 0.5) is 0 Å². The zero-order chi connectivity index (χ0) is 12.6. The minimum atomic E-state index is -0.880. The van der Waals surface area contributed by atoms with Crippen molar-refractivity contribution in [2.45, 2.75) is 13.8 Å². The molecule has 0 aliphatic rings. The predicted octanol–water partition coefficient (Wildman–Crippen LogP) is 4.49. The molecule has 1 N–H and O–H groups in total. The van der Waals surface area contributed by atoms with E-state index in [-0.39, 0.29) is 0 Å². The number of thiophene rings is 1. The first kappa shape index (κ1) is 12.3. The van der Waals surface area contributed by atoms with Crippen molar-refractivity contribution in [1.29, 1.82) is 0 Å². The molecule has 0 spiro atoms. The smallest absolute Gasteiger partial charge is 0.335 e. The van der Waals surface area contributed by atoms with Gasteiger partial charge in [0.1, 0.15) is 0 Å². The largest absolute Gasteiger partial charge is 0.478 e. The summed E-state index contributed by atoms with van der Waals surface area (Å²) in [5, 5.41) is 13.2. The lowest BCUT2D eigenvalue weighted by atomic mass is 9.96. The summed E-state index contributed by atoms with van der Waals surface area (Å²) in [4.78, 5) is 11.1. The van der Waals surface area contributed by atoms with Crippen LogP contribution in [0, 0.1) is 13.8 Å². The average Bonchev–Trinajstić information content (AvgIpc) is 2.64. The quantitative estimate of drug-likeness (QED) is 0.887. The maximum Gasteiger partial charge on any atom is 0.335 e. The van der Waals surface area contributed by atoms with Gasteiger partial charge >= 0.3 is 5.97 Å². The number of carbonyl (C=O) groups is 1. The van der Waals surface area contributed by atoms with Gasteiger partial charge in [-0.15, -0.1) is 0 Å². The number of halogens is 1. The summed E-state index contributed by atoms with van der Waals surface area (Å²) in [7, 11) is 0. The summed E-state index contributed by atoms with van der Waals surface area (Å²) in [5.74, 6) is -0.880. The van der Waals surface area contributed by atoms with Crippen molar-refractivity contribution in [2.75, 3.05) is 0 Å². The van der Waals surface area contributed by atoms with E-state index in [1.165, 1.54) is 0 Å². The predicted molar refractivity (Wildman–Crippen MR) is 73.9 cm³/mol. The number of aromatic carboxylic acids is 1. The summed E-state index contributed by atoms with van der Waals surface area (Å²) in [5.41, 5.74) is 4.27. The topological polar surface area (TPSA) is 37.3 Å². The number of hydrogen-bond donors (Lipinski definition) is 1. The fraction of sp³-hybridized carbons (Fsp3) is 0.154. The first-order valence-corrected chi connectivity index (χ1v) is 6.81. The monoisotopic (exact) mass is 310 g/mol. The first-order valence-electron chi connectivity index (χ1n) is 5.07. The Hall–Kier alpha value is -1.13. The van der Waals surface area contributed by atoms with E-state index in [2.05, 4.69) is 15.9 Å². The minimum Gasteiger partial charge on any atom is -0.478 e. The molecule has 0 atom stereocenters. The highest BCUT2D eigenvalue weighted by Gasteiger charge is 2.13. The third kappa shape index (κ3) is 2.28. The fourth-order valence-electron chi connectivity index (χ4n) is 1.85. The van der Waals surface area contributed by atoms with Crippen molar-refractivity contribution in [2.24, 2.45) is 0 Å². The molecule has 2 rings (SSSR count). The standard InChI is InChI=1S/C13H11BrO2S/c1-7-3-8(2)10(13(15)16)4-9(7)11-5-17-6-12(11)14/h3-6H,1-2H3,(H,15,16). The van der Waals surface area contributed by atoms with Crippen LogP contribution in [0.25, 0.3) is 11.1 Å². The van der Waals surface area contributed by atoms with Crippen LogP contribution in [0.3, 0.4) is 0 Å². The minimum absolute atomic E-state index is 0.365. The van der Waals surface area contributed by atoms with Crippen molar-refractivity contribution < 1.29 is 9.90 Å². The number of benzene rings is 1. The van der Waals surface area contributed by atoms with Crippen molar-refractivity contribution in [3.63, 3.8) is 0 Å². The van der Waals surface area contributed by atoms with Gasteiger partial charge in [0.2, 0.25) is 0 Å². The Kier molecular flexibility index (Phi) is 3.35. The molecule has 88 valence electrons. The van der Waals surface area contributed by atoms with Gasteiger partial charge in [0.15, 0.2) is 0 Å². The Balaban J connectivity index is 2.67. The van der Waals surface area contributed by atoms with E-state index in [0.29, 0.717) is 5.56 Å². The van der Waals surface area contributed by atoms with E-state index in [4.69, 9.17) is 5.11 Å². The van der Waals surface area contributed by atoms with Crippen molar-refractivity contribution in [3.8, 4) is 11.1 Å². The second-order valence-corrected chi connectivity index (χ2v) is 5.52. The van der Waals surface area contributed by atoms with E-state index >= 15 is 0 Å². The molecule has 0 fully saturated rings. The molecule has 0 saturated heterocycles. The highest BCUT2D eigenvalue weighted by Crippen LogP contribution is 2.34. The SMILES string of the molecule is Cc1cc(C)c(-c2cscc2Br)cc1C(=O)O. The van der Waals surface area contributed by atoms with Gasteiger partial charge in [0.25, 0.3) is 0 Å². The molecular formula is C13H11BrO2S. The molecule has 0 unspecified atom stereocenters. The van der Waals surface area contributed by atoms with Crippen LogP contribution in [0.5, 0.6) is 0 Å². The molecular weight excluding hydrogens is 300 g/mol. The molecule has 0 bridgehead atoms. The molecule has 17 heavy (non-hydrogen) atoms. The van der Waals surface area contributed by atoms with Crippen LogP contribution in [0.15, 0.2) is 27.4 Å². The number of carboxylic acids is 1. The van der Waals surface area contributed by atoms with Gasteiger partial charge in [-0.05, 0) is 57.9 Å². The van der Waals surface area contributed by atoms with Gasteiger partial charge in [0, 0.05) is 15.4 Å². The molecule has 0 amide bonds. The Bertz CT molecular complexity index is 587. The van der Waals surface area contributed by atoms with Crippen molar-refractivity contribution >= 4 is 33.2 Å². The highest BCUT2D eigenvalue weighted by atomic mass is 79.9. The van der Waals surface area contributed by atoms with Crippen LogP contribution in [0.1, 0.15) is 21.5 Å². The van der Waals surface area contributed by atoms with Crippen molar-refractivity contribution in [1.82, 2.24) is 0 Å². The van der Waals surface area contributed by atoms with Gasteiger partial charge in [0.05, 0.1) is 5.56 Å². The highest BCUT2D eigenvalue weighted by molar-refractivity contribution is 9.10. The number of rotatable bonds is 2. The maximum absolute atomic E-state index is 11.1. The third-order valence-corrected chi connectivity index (χ3v) is 4.41. The van der Waals surface area contributed by atoms with Gasteiger partial charge in [-0.1, -0.05) is 6.07 Å². The van der Waals surface area contributed by atoms with Crippen LogP contribution < -0.4 is 0 Å². The molecule has 0 aliphatic heterocycles. The fourth-order valence-corrected chi connectivity index (χ4v) is 3.35. The van der Waals surface area contributed by atoms with E-state index in [9.17, 15) is 4.79 Å². The number of hydrogen-bond acceptors (Lipinski definition) is 2. The summed E-state index contributed by atoms with van der Waals surface area (Å²) in [6, 6.07) is 3.67. The van der Waals surface area contributed by atoms with Gasteiger partial charge in [-0.25, -0.2) is 4.79 Å². The zero-order valence-corrected chi connectivity index (χ0v) is 11.9. The Morgan fingerprint density at radius 1 is 1.18 bits per heavy atom. The van der Waals surface area contributed by atoms with E-state index < -0.39 is 5.97 Å².